The van der Waals surface area contributed by atoms with Crippen molar-refractivity contribution in [1.82, 2.24) is 9.78 Å². The average molecular weight is 325 g/mol. The van der Waals surface area contributed by atoms with Crippen molar-refractivity contribution in [1.29, 1.82) is 0 Å². The Kier molecular flexibility index (Phi) is 3.88. The average Bonchev–Trinajstić information content (AvgIpc) is 3.02. The SMILES string of the molecule is Cc1cccc(C2(C(=O)Nc3cnn(CC4CCCO4)c3)CC2)c1. The standard InChI is InChI=1S/C19H23N3O2/c1-14-4-2-5-15(10-14)19(7-8-19)18(23)21-16-11-20-22(12-16)13-17-6-3-9-24-17/h2,4-5,10-12,17H,3,6-9,13H2,1H3,(H,21,23). The molecule has 1 aliphatic carbocycles. The van der Waals surface area contributed by atoms with Gasteiger partial charge in [-0.25, -0.2) is 0 Å². The van der Waals surface area contributed by atoms with E-state index in [1.165, 1.54) is 5.56 Å². The Hall–Kier alpha value is -2.14. The van der Waals surface area contributed by atoms with E-state index in [0.29, 0.717) is 0 Å². The Morgan fingerprint density at radius 2 is 2.33 bits per heavy atom. The van der Waals surface area contributed by atoms with Gasteiger partial charge < -0.3 is 10.1 Å². The molecule has 2 aromatic rings. The third-order valence-electron chi connectivity index (χ3n) is 5.06. The fraction of sp³-hybridized carbons (Fsp3) is 0.474. The number of aryl methyl sites for hydroxylation is 1. The number of aromatic nitrogens is 2. The Morgan fingerprint density at radius 3 is 3.04 bits per heavy atom. The second-order valence-electron chi connectivity index (χ2n) is 6.99. The van der Waals surface area contributed by atoms with Gasteiger partial charge in [0.2, 0.25) is 5.91 Å². The molecule has 0 bridgehead atoms. The number of anilines is 1. The predicted molar refractivity (Wildman–Crippen MR) is 91.9 cm³/mol. The summed E-state index contributed by atoms with van der Waals surface area (Å²) in [4.78, 5) is 12.8. The minimum absolute atomic E-state index is 0.0739. The molecular weight excluding hydrogens is 302 g/mol. The summed E-state index contributed by atoms with van der Waals surface area (Å²) in [5.41, 5.74) is 2.71. The van der Waals surface area contributed by atoms with Gasteiger partial charge in [-0.3, -0.25) is 9.48 Å². The Labute approximate surface area is 142 Å². The van der Waals surface area contributed by atoms with Crippen LogP contribution in [-0.4, -0.2) is 28.4 Å². The van der Waals surface area contributed by atoms with Crippen LogP contribution in [0.1, 0.15) is 36.8 Å². The maximum absolute atomic E-state index is 12.8. The molecule has 1 aliphatic heterocycles. The first-order chi connectivity index (χ1) is 11.7. The minimum atomic E-state index is -0.358. The van der Waals surface area contributed by atoms with E-state index < -0.39 is 0 Å². The smallest absolute Gasteiger partial charge is 0.235 e. The van der Waals surface area contributed by atoms with Crippen molar-refractivity contribution in [3.05, 3.63) is 47.8 Å². The van der Waals surface area contributed by atoms with Gasteiger partial charge in [-0.05, 0) is 38.2 Å². The highest BCUT2D eigenvalue weighted by Gasteiger charge is 2.51. The van der Waals surface area contributed by atoms with Crippen molar-refractivity contribution in [2.24, 2.45) is 0 Å². The van der Waals surface area contributed by atoms with Crippen LogP contribution < -0.4 is 5.32 Å². The summed E-state index contributed by atoms with van der Waals surface area (Å²) >= 11 is 0. The number of nitrogens with one attached hydrogen (secondary N) is 1. The first kappa shape index (κ1) is 15.4. The predicted octanol–water partition coefficient (Wildman–Crippen LogP) is 3.04. The molecule has 1 amide bonds. The monoisotopic (exact) mass is 325 g/mol. The lowest BCUT2D eigenvalue weighted by Crippen LogP contribution is -2.27. The highest BCUT2D eigenvalue weighted by Crippen LogP contribution is 2.49. The van der Waals surface area contributed by atoms with E-state index in [0.717, 1.165) is 50.1 Å². The van der Waals surface area contributed by atoms with E-state index >= 15 is 0 Å². The maximum Gasteiger partial charge on any atom is 0.235 e. The van der Waals surface area contributed by atoms with Gasteiger partial charge in [0.1, 0.15) is 0 Å². The molecule has 1 aromatic heterocycles. The van der Waals surface area contributed by atoms with Gasteiger partial charge in [-0.15, -0.1) is 0 Å². The van der Waals surface area contributed by atoms with Crippen LogP contribution in [-0.2, 0) is 21.5 Å². The first-order valence-corrected chi connectivity index (χ1v) is 8.68. The van der Waals surface area contributed by atoms with Gasteiger partial charge in [0.15, 0.2) is 0 Å². The lowest BCUT2D eigenvalue weighted by molar-refractivity contribution is -0.118. The Balaban J connectivity index is 1.43. The number of benzene rings is 1. The van der Waals surface area contributed by atoms with Gasteiger partial charge >= 0.3 is 0 Å². The van der Waals surface area contributed by atoms with Crippen LogP contribution in [0.25, 0.3) is 0 Å². The third kappa shape index (κ3) is 2.96. The van der Waals surface area contributed by atoms with Gasteiger partial charge in [-0.2, -0.15) is 5.10 Å². The number of hydrogen-bond acceptors (Lipinski definition) is 3. The highest BCUT2D eigenvalue weighted by atomic mass is 16.5. The molecule has 2 fully saturated rings. The quantitative estimate of drug-likeness (QED) is 0.919. The third-order valence-corrected chi connectivity index (χ3v) is 5.06. The summed E-state index contributed by atoms with van der Waals surface area (Å²) in [7, 11) is 0. The van der Waals surface area contributed by atoms with E-state index in [4.69, 9.17) is 4.74 Å². The highest BCUT2D eigenvalue weighted by molar-refractivity contribution is 6.01. The van der Waals surface area contributed by atoms with Crippen molar-refractivity contribution >= 4 is 11.6 Å². The molecule has 5 nitrogen and oxygen atoms in total. The number of ether oxygens (including phenoxy) is 1. The van der Waals surface area contributed by atoms with E-state index in [-0.39, 0.29) is 17.4 Å². The largest absolute Gasteiger partial charge is 0.376 e. The molecular formula is C19H23N3O2. The van der Waals surface area contributed by atoms with Crippen molar-refractivity contribution in [2.75, 3.05) is 11.9 Å². The summed E-state index contributed by atoms with van der Waals surface area (Å²) in [6.45, 7) is 3.65. The van der Waals surface area contributed by atoms with Crippen molar-refractivity contribution in [3.8, 4) is 0 Å². The molecule has 1 N–H and O–H groups in total. The molecule has 4 rings (SSSR count). The van der Waals surface area contributed by atoms with E-state index in [1.54, 1.807) is 6.20 Å². The Morgan fingerprint density at radius 1 is 1.46 bits per heavy atom. The second-order valence-corrected chi connectivity index (χ2v) is 6.99. The zero-order chi connectivity index (χ0) is 16.6. The summed E-state index contributed by atoms with van der Waals surface area (Å²) < 4.78 is 7.49. The molecule has 2 aliphatic rings. The summed E-state index contributed by atoms with van der Waals surface area (Å²) in [6, 6.07) is 8.26. The number of carbonyl (C=O) groups is 1. The molecule has 126 valence electrons. The molecule has 1 atom stereocenters. The first-order valence-electron chi connectivity index (χ1n) is 8.68. The van der Waals surface area contributed by atoms with Crippen LogP contribution in [0, 0.1) is 6.92 Å². The number of hydrogen-bond donors (Lipinski definition) is 1. The summed E-state index contributed by atoms with van der Waals surface area (Å²) in [6.07, 6.45) is 7.88. The van der Waals surface area contributed by atoms with Gasteiger partial charge in [0.05, 0.1) is 29.9 Å². The molecule has 2 heterocycles. The molecule has 5 heteroatoms. The van der Waals surface area contributed by atoms with Crippen LogP contribution in [0.15, 0.2) is 36.7 Å². The van der Waals surface area contributed by atoms with Crippen LogP contribution in [0.4, 0.5) is 5.69 Å². The van der Waals surface area contributed by atoms with Gasteiger partial charge in [0, 0.05) is 12.8 Å². The maximum atomic E-state index is 12.8. The van der Waals surface area contributed by atoms with Crippen LogP contribution in [0.2, 0.25) is 0 Å². The fourth-order valence-corrected chi connectivity index (χ4v) is 3.49. The normalized spacial score (nSPS) is 21.6. The molecule has 0 radical (unpaired) electrons. The molecule has 24 heavy (non-hydrogen) atoms. The fourth-order valence-electron chi connectivity index (χ4n) is 3.49. The van der Waals surface area contributed by atoms with Crippen molar-refractivity contribution in [2.45, 2.75) is 50.7 Å². The van der Waals surface area contributed by atoms with Gasteiger partial charge in [-0.1, -0.05) is 29.8 Å². The zero-order valence-electron chi connectivity index (χ0n) is 14.0. The van der Waals surface area contributed by atoms with Crippen molar-refractivity contribution < 1.29 is 9.53 Å². The van der Waals surface area contributed by atoms with E-state index in [1.807, 2.05) is 16.9 Å². The summed E-state index contributed by atoms with van der Waals surface area (Å²) in [5, 5.41) is 7.39. The lowest BCUT2D eigenvalue weighted by atomic mass is 9.93. The topological polar surface area (TPSA) is 56.2 Å². The second kappa shape index (κ2) is 6.06. The van der Waals surface area contributed by atoms with E-state index in [9.17, 15) is 4.79 Å². The van der Waals surface area contributed by atoms with Crippen molar-refractivity contribution in [3.63, 3.8) is 0 Å². The zero-order valence-corrected chi connectivity index (χ0v) is 14.0. The van der Waals surface area contributed by atoms with Crippen LogP contribution in [0.5, 0.6) is 0 Å². The van der Waals surface area contributed by atoms with E-state index in [2.05, 4.69) is 35.5 Å². The molecule has 1 saturated carbocycles. The van der Waals surface area contributed by atoms with Crippen LogP contribution in [0.3, 0.4) is 0 Å². The molecule has 0 spiro atoms. The molecule has 1 aromatic carbocycles. The van der Waals surface area contributed by atoms with Gasteiger partial charge in [0.25, 0.3) is 0 Å². The molecule has 1 unspecified atom stereocenters. The minimum Gasteiger partial charge on any atom is -0.376 e. The lowest BCUT2D eigenvalue weighted by Gasteiger charge is -2.15. The Bertz CT molecular complexity index is 743. The number of carbonyl (C=O) groups excluding carboxylic acids is 1. The number of nitrogens with zero attached hydrogens (tertiary/aromatic N) is 2. The number of amides is 1. The summed E-state index contributed by atoms with van der Waals surface area (Å²) in [5.74, 6) is 0.0739. The molecule has 1 saturated heterocycles. The van der Waals surface area contributed by atoms with Crippen LogP contribution >= 0.6 is 0 Å². The number of rotatable bonds is 5.